The monoisotopic (exact) mass is 399 g/mol. The highest BCUT2D eigenvalue weighted by molar-refractivity contribution is 7.10. The van der Waals surface area contributed by atoms with Crippen molar-refractivity contribution < 1.29 is 9.13 Å². The summed E-state index contributed by atoms with van der Waals surface area (Å²) in [6.07, 6.45) is 5.36. The molecular weight excluding hydrogens is 381 g/mol. The molecule has 0 spiro atoms. The Morgan fingerprint density at radius 3 is 2.70 bits per heavy atom. The molecule has 2 nitrogen and oxygen atoms in total. The van der Waals surface area contributed by atoms with Gasteiger partial charge in [0.25, 0.3) is 0 Å². The molecule has 1 N–H and O–H groups in total. The molecule has 138 valence electrons. The fourth-order valence-electron chi connectivity index (χ4n) is 3.56. The Labute approximate surface area is 167 Å². The van der Waals surface area contributed by atoms with Gasteiger partial charge in [0.05, 0.1) is 9.90 Å². The van der Waals surface area contributed by atoms with E-state index in [9.17, 15) is 4.39 Å². The molecule has 2 aromatic carbocycles. The van der Waals surface area contributed by atoms with Gasteiger partial charge in [-0.1, -0.05) is 43.1 Å². The quantitative estimate of drug-likeness (QED) is 0.502. The first-order valence-electron chi connectivity index (χ1n) is 8.87. The highest BCUT2D eigenvalue weighted by Crippen LogP contribution is 2.46. The van der Waals surface area contributed by atoms with E-state index in [0.29, 0.717) is 0 Å². The van der Waals surface area contributed by atoms with E-state index in [1.54, 1.807) is 29.7 Å². The van der Waals surface area contributed by atoms with E-state index in [4.69, 9.17) is 16.3 Å². The molecule has 5 heteroatoms. The first-order valence-corrected chi connectivity index (χ1v) is 10.1. The Morgan fingerprint density at radius 1 is 1.15 bits per heavy atom. The van der Waals surface area contributed by atoms with Gasteiger partial charge in [0.1, 0.15) is 12.1 Å². The highest BCUT2D eigenvalue weighted by Gasteiger charge is 2.39. The van der Waals surface area contributed by atoms with Crippen LogP contribution >= 0.6 is 22.9 Å². The average Bonchev–Trinajstić information content (AvgIpc) is 3.16. The maximum atomic E-state index is 13.6. The Hall–Kier alpha value is -2.30. The molecule has 0 amide bonds. The maximum absolute atomic E-state index is 13.6. The predicted octanol–water partition coefficient (Wildman–Crippen LogP) is 7.16. The lowest BCUT2D eigenvalue weighted by molar-refractivity contribution is 0.0537. The summed E-state index contributed by atoms with van der Waals surface area (Å²) >= 11 is 7.69. The second-order valence-corrected chi connectivity index (χ2v) is 7.86. The lowest BCUT2D eigenvalue weighted by atomic mass is 9.84. The molecule has 27 heavy (non-hydrogen) atoms. The van der Waals surface area contributed by atoms with Crippen molar-refractivity contribution in [2.75, 3.05) is 5.32 Å². The van der Waals surface area contributed by atoms with Crippen molar-refractivity contribution in [3.63, 3.8) is 0 Å². The minimum absolute atomic E-state index is 0.122. The van der Waals surface area contributed by atoms with Crippen LogP contribution in [-0.2, 0) is 10.3 Å². The van der Waals surface area contributed by atoms with Crippen LogP contribution in [0.2, 0.25) is 5.02 Å². The zero-order valence-electron chi connectivity index (χ0n) is 14.8. The SMILES string of the molecule is CCCC1(c2cccs2)OC=CNc2ccc(-c3ccc(F)c(Cl)c3)cc21. The summed E-state index contributed by atoms with van der Waals surface area (Å²) in [6, 6.07) is 15.1. The normalized spacial score (nSPS) is 18.3. The number of anilines is 1. The van der Waals surface area contributed by atoms with E-state index in [0.717, 1.165) is 40.1 Å². The number of ether oxygens (including phenoxy) is 1. The number of hydrogen-bond donors (Lipinski definition) is 1. The summed E-state index contributed by atoms with van der Waals surface area (Å²) in [5.41, 5.74) is 3.35. The highest BCUT2D eigenvalue weighted by atomic mass is 35.5. The molecule has 0 fully saturated rings. The van der Waals surface area contributed by atoms with Gasteiger partial charge >= 0.3 is 0 Å². The average molecular weight is 400 g/mol. The van der Waals surface area contributed by atoms with Crippen LogP contribution in [0.15, 0.2) is 66.4 Å². The molecule has 1 aromatic heterocycles. The van der Waals surface area contributed by atoms with E-state index in [2.05, 4.69) is 29.8 Å². The van der Waals surface area contributed by atoms with Gasteiger partial charge in [-0.2, -0.15) is 0 Å². The summed E-state index contributed by atoms with van der Waals surface area (Å²) in [5.74, 6) is -0.414. The van der Waals surface area contributed by atoms with Crippen molar-refractivity contribution in [1.29, 1.82) is 0 Å². The van der Waals surface area contributed by atoms with Crippen molar-refractivity contribution in [2.45, 2.75) is 25.4 Å². The van der Waals surface area contributed by atoms with Crippen LogP contribution in [0.25, 0.3) is 11.1 Å². The Morgan fingerprint density at radius 2 is 1.96 bits per heavy atom. The Kier molecular flexibility index (Phi) is 4.94. The minimum atomic E-state index is -0.557. The number of nitrogens with one attached hydrogen (secondary N) is 1. The molecule has 0 saturated heterocycles. The topological polar surface area (TPSA) is 21.3 Å². The number of hydrogen-bond acceptors (Lipinski definition) is 3. The molecule has 0 aliphatic carbocycles. The second-order valence-electron chi connectivity index (χ2n) is 6.51. The summed E-state index contributed by atoms with van der Waals surface area (Å²) in [6.45, 7) is 2.16. The number of benzene rings is 2. The smallest absolute Gasteiger partial charge is 0.169 e. The third-order valence-corrected chi connectivity index (χ3v) is 6.11. The molecule has 0 saturated carbocycles. The summed E-state index contributed by atoms with van der Waals surface area (Å²) in [4.78, 5) is 1.16. The zero-order valence-corrected chi connectivity index (χ0v) is 16.4. The summed E-state index contributed by atoms with van der Waals surface area (Å²) in [7, 11) is 0. The van der Waals surface area contributed by atoms with Gasteiger partial charge in [-0.15, -0.1) is 11.3 Å². The third kappa shape index (κ3) is 3.24. The molecule has 2 heterocycles. The van der Waals surface area contributed by atoms with Gasteiger partial charge in [-0.25, -0.2) is 4.39 Å². The standard InChI is InChI=1S/C22H19ClFNOS/c1-2-9-22(21-4-3-12-27-21)17-13-15(6-8-20(17)25-10-11-26-22)16-5-7-19(24)18(23)14-16/h3-8,10-14,25H,2,9H2,1H3. The number of halogens is 2. The minimum Gasteiger partial charge on any atom is -0.483 e. The summed E-state index contributed by atoms with van der Waals surface area (Å²) in [5, 5.41) is 5.51. The van der Waals surface area contributed by atoms with Gasteiger partial charge < -0.3 is 10.1 Å². The first kappa shape index (κ1) is 18.1. The van der Waals surface area contributed by atoms with Crippen molar-refractivity contribution in [3.8, 4) is 11.1 Å². The summed E-state index contributed by atoms with van der Waals surface area (Å²) < 4.78 is 19.9. The molecule has 0 bridgehead atoms. The largest absolute Gasteiger partial charge is 0.483 e. The first-order chi connectivity index (χ1) is 13.1. The Balaban J connectivity index is 1.91. The number of rotatable bonds is 4. The third-order valence-electron chi connectivity index (χ3n) is 4.80. The van der Waals surface area contributed by atoms with Crippen LogP contribution in [0.1, 0.15) is 30.2 Å². The fourth-order valence-corrected chi connectivity index (χ4v) is 4.66. The zero-order chi connectivity index (χ0) is 18.9. The van der Waals surface area contributed by atoms with Crippen LogP contribution < -0.4 is 5.32 Å². The van der Waals surface area contributed by atoms with Crippen LogP contribution in [-0.4, -0.2) is 0 Å². The predicted molar refractivity (Wildman–Crippen MR) is 111 cm³/mol. The van der Waals surface area contributed by atoms with E-state index in [1.165, 1.54) is 6.07 Å². The van der Waals surface area contributed by atoms with E-state index >= 15 is 0 Å². The van der Waals surface area contributed by atoms with Crippen LogP contribution in [0.4, 0.5) is 10.1 Å². The molecule has 1 unspecified atom stereocenters. The van der Waals surface area contributed by atoms with Crippen LogP contribution in [0.5, 0.6) is 0 Å². The van der Waals surface area contributed by atoms with E-state index in [-0.39, 0.29) is 5.02 Å². The van der Waals surface area contributed by atoms with Crippen molar-refractivity contribution in [3.05, 3.63) is 87.7 Å². The van der Waals surface area contributed by atoms with Crippen molar-refractivity contribution >= 4 is 28.6 Å². The number of thiophene rings is 1. The second kappa shape index (κ2) is 7.37. The Bertz CT molecular complexity index is 986. The van der Waals surface area contributed by atoms with Crippen LogP contribution in [0, 0.1) is 5.82 Å². The van der Waals surface area contributed by atoms with E-state index in [1.807, 2.05) is 24.4 Å². The lowest BCUT2D eigenvalue weighted by Crippen LogP contribution is -2.28. The molecule has 3 aromatic rings. The molecule has 1 aliphatic rings. The van der Waals surface area contributed by atoms with Gasteiger partial charge in [0.2, 0.25) is 0 Å². The van der Waals surface area contributed by atoms with Gasteiger partial charge in [0.15, 0.2) is 5.60 Å². The number of fused-ring (bicyclic) bond motifs is 1. The lowest BCUT2D eigenvalue weighted by Gasteiger charge is -2.33. The van der Waals surface area contributed by atoms with Gasteiger partial charge in [-0.05, 0) is 53.3 Å². The van der Waals surface area contributed by atoms with Crippen molar-refractivity contribution in [1.82, 2.24) is 0 Å². The van der Waals surface area contributed by atoms with Gasteiger partial charge in [-0.3, -0.25) is 0 Å². The molecule has 1 aliphatic heterocycles. The van der Waals surface area contributed by atoms with Crippen molar-refractivity contribution in [2.24, 2.45) is 0 Å². The van der Waals surface area contributed by atoms with E-state index < -0.39 is 11.4 Å². The molecule has 0 radical (unpaired) electrons. The molecule has 4 rings (SSSR count). The fraction of sp³-hybridized carbons (Fsp3) is 0.182. The molecule has 1 atom stereocenters. The van der Waals surface area contributed by atoms with Crippen LogP contribution in [0.3, 0.4) is 0 Å². The molecular formula is C22H19ClFNOS. The maximum Gasteiger partial charge on any atom is 0.169 e. The van der Waals surface area contributed by atoms with Gasteiger partial charge in [0, 0.05) is 17.5 Å².